The Bertz CT molecular complexity index is 1080. The van der Waals surface area contributed by atoms with E-state index >= 15 is 0 Å². The second-order valence-electron chi connectivity index (χ2n) is 7.01. The Balaban J connectivity index is 1.33. The summed E-state index contributed by atoms with van der Waals surface area (Å²) in [5, 5.41) is 8.81. The summed E-state index contributed by atoms with van der Waals surface area (Å²) >= 11 is 0. The van der Waals surface area contributed by atoms with Crippen LogP contribution in [0.25, 0.3) is 6.08 Å². The summed E-state index contributed by atoms with van der Waals surface area (Å²) < 4.78 is 35.0. The summed E-state index contributed by atoms with van der Waals surface area (Å²) in [4.78, 5) is 28.3. The van der Waals surface area contributed by atoms with Crippen LogP contribution in [-0.4, -0.2) is 54.1 Å². The molecule has 2 heterocycles. The van der Waals surface area contributed by atoms with E-state index in [1.54, 1.807) is 40.1 Å². The van der Waals surface area contributed by atoms with Gasteiger partial charge in [0.05, 0.1) is 11.6 Å². The number of amides is 2. The molecule has 1 fully saturated rings. The minimum atomic E-state index is -3.73. The molecule has 0 unspecified atom stereocenters. The first kappa shape index (κ1) is 20.3. The molecule has 31 heavy (non-hydrogen) atoms. The van der Waals surface area contributed by atoms with Gasteiger partial charge in [0.25, 0.3) is 5.91 Å². The van der Waals surface area contributed by atoms with Crippen molar-refractivity contribution in [1.29, 1.82) is 5.26 Å². The average Bonchev–Trinajstić information content (AvgIpc) is 3.10. The minimum absolute atomic E-state index is 0.119. The second kappa shape index (κ2) is 8.07. The number of ether oxygens (including phenoxy) is 2. The number of piperazine rings is 1. The van der Waals surface area contributed by atoms with Gasteiger partial charge in [-0.05, 0) is 42.0 Å². The van der Waals surface area contributed by atoms with Crippen LogP contribution in [0.4, 0.5) is 8.78 Å². The van der Waals surface area contributed by atoms with Gasteiger partial charge in [-0.1, -0.05) is 12.1 Å². The molecule has 0 bridgehead atoms. The summed E-state index contributed by atoms with van der Waals surface area (Å²) in [7, 11) is 0. The summed E-state index contributed by atoms with van der Waals surface area (Å²) in [5.74, 6) is -0.813. The third kappa shape index (κ3) is 4.48. The molecule has 0 spiro atoms. The van der Waals surface area contributed by atoms with Crippen molar-refractivity contribution >= 4 is 17.9 Å². The number of hydrogen-bond acceptors (Lipinski definition) is 5. The molecular weight excluding hydrogens is 408 g/mol. The van der Waals surface area contributed by atoms with Crippen LogP contribution in [0.15, 0.2) is 48.5 Å². The van der Waals surface area contributed by atoms with E-state index in [9.17, 15) is 18.4 Å². The highest BCUT2D eigenvalue weighted by atomic mass is 19.3. The molecule has 1 saturated heterocycles. The molecule has 0 saturated carbocycles. The van der Waals surface area contributed by atoms with E-state index in [2.05, 4.69) is 9.47 Å². The van der Waals surface area contributed by atoms with Crippen LogP contribution in [0.1, 0.15) is 21.5 Å². The number of hydrogen-bond donors (Lipinski definition) is 0. The quantitative estimate of drug-likeness (QED) is 0.707. The highest BCUT2D eigenvalue weighted by Crippen LogP contribution is 2.41. The van der Waals surface area contributed by atoms with Gasteiger partial charge in [0, 0.05) is 37.8 Å². The fourth-order valence-electron chi connectivity index (χ4n) is 3.34. The standard InChI is InChI=1S/C22H17F2N3O4/c23-22(24)30-18-7-6-17(13-19(18)31-22)21(29)27-11-9-26(10-12-27)20(28)8-5-15-1-3-16(14-25)4-2-15/h1-8,13H,9-12H2/b8-5+. The van der Waals surface area contributed by atoms with Crippen molar-refractivity contribution in [3.8, 4) is 17.6 Å². The average molecular weight is 425 g/mol. The van der Waals surface area contributed by atoms with Gasteiger partial charge in [-0.25, -0.2) is 0 Å². The summed E-state index contributed by atoms with van der Waals surface area (Å²) in [6.07, 6.45) is -0.610. The molecule has 158 valence electrons. The van der Waals surface area contributed by atoms with E-state index in [-0.39, 0.29) is 28.9 Å². The number of rotatable bonds is 3. The summed E-state index contributed by atoms with van der Waals surface area (Å²) in [6, 6.07) is 12.8. The number of carbonyl (C=O) groups excluding carboxylic acids is 2. The SMILES string of the molecule is N#Cc1ccc(/C=C/C(=O)N2CCN(C(=O)c3ccc4c(c3)OC(F)(F)O4)CC2)cc1. The van der Waals surface area contributed by atoms with Gasteiger partial charge < -0.3 is 19.3 Å². The predicted molar refractivity (Wildman–Crippen MR) is 105 cm³/mol. The molecule has 2 aromatic carbocycles. The molecular formula is C22H17F2N3O4. The van der Waals surface area contributed by atoms with E-state index in [1.165, 1.54) is 24.3 Å². The second-order valence-corrected chi connectivity index (χ2v) is 7.01. The number of halogens is 2. The van der Waals surface area contributed by atoms with E-state index in [4.69, 9.17) is 5.26 Å². The molecule has 0 aliphatic carbocycles. The first-order valence-corrected chi connectivity index (χ1v) is 9.51. The molecule has 0 radical (unpaired) electrons. The third-order valence-electron chi connectivity index (χ3n) is 4.98. The monoisotopic (exact) mass is 425 g/mol. The molecule has 4 rings (SSSR count). The lowest BCUT2D eigenvalue weighted by Gasteiger charge is -2.34. The summed E-state index contributed by atoms with van der Waals surface area (Å²) in [5.41, 5.74) is 1.55. The lowest BCUT2D eigenvalue weighted by molar-refractivity contribution is -0.286. The van der Waals surface area contributed by atoms with Crippen LogP contribution in [-0.2, 0) is 4.79 Å². The Hall–Kier alpha value is -3.93. The molecule has 2 aliphatic heterocycles. The first-order valence-electron chi connectivity index (χ1n) is 9.51. The van der Waals surface area contributed by atoms with Crippen LogP contribution >= 0.6 is 0 Å². The minimum Gasteiger partial charge on any atom is -0.395 e. The Morgan fingerprint density at radius 3 is 2.29 bits per heavy atom. The zero-order chi connectivity index (χ0) is 22.0. The predicted octanol–water partition coefficient (Wildman–Crippen LogP) is 2.88. The van der Waals surface area contributed by atoms with Crippen LogP contribution in [0.2, 0.25) is 0 Å². The van der Waals surface area contributed by atoms with Crippen molar-refractivity contribution in [2.45, 2.75) is 6.29 Å². The molecule has 2 aromatic rings. The van der Waals surface area contributed by atoms with Gasteiger partial charge in [0.2, 0.25) is 5.91 Å². The fraction of sp³-hybridized carbons (Fsp3) is 0.227. The summed E-state index contributed by atoms with van der Waals surface area (Å²) in [6.45, 7) is 1.34. The third-order valence-corrected chi connectivity index (χ3v) is 4.98. The highest BCUT2D eigenvalue weighted by Gasteiger charge is 2.43. The Morgan fingerprint density at radius 1 is 0.968 bits per heavy atom. The topological polar surface area (TPSA) is 82.9 Å². The highest BCUT2D eigenvalue weighted by molar-refractivity contribution is 5.95. The van der Waals surface area contributed by atoms with Crippen LogP contribution < -0.4 is 9.47 Å². The van der Waals surface area contributed by atoms with Gasteiger partial charge in [0.15, 0.2) is 11.5 Å². The van der Waals surface area contributed by atoms with Gasteiger partial charge in [-0.3, -0.25) is 9.59 Å². The van der Waals surface area contributed by atoms with Crippen molar-refractivity contribution in [2.75, 3.05) is 26.2 Å². The Morgan fingerprint density at radius 2 is 1.61 bits per heavy atom. The zero-order valence-corrected chi connectivity index (χ0v) is 16.3. The number of nitriles is 1. The maximum Gasteiger partial charge on any atom is 0.586 e. The molecule has 9 heteroatoms. The number of fused-ring (bicyclic) bond motifs is 1. The molecule has 2 amide bonds. The Labute approximate surface area is 176 Å². The molecule has 2 aliphatic rings. The number of carbonyl (C=O) groups is 2. The maximum atomic E-state index is 13.2. The lowest BCUT2D eigenvalue weighted by Crippen LogP contribution is -2.50. The zero-order valence-electron chi connectivity index (χ0n) is 16.3. The van der Waals surface area contributed by atoms with Gasteiger partial charge in [-0.15, -0.1) is 8.78 Å². The van der Waals surface area contributed by atoms with Crippen LogP contribution in [0, 0.1) is 11.3 Å². The smallest absolute Gasteiger partial charge is 0.395 e. The normalized spacial score (nSPS) is 16.9. The largest absolute Gasteiger partial charge is 0.586 e. The lowest BCUT2D eigenvalue weighted by atomic mass is 10.1. The van der Waals surface area contributed by atoms with Crippen molar-refractivity contribution in [3.63, 3.8) is 0 Å². The van der Waals surface area contributed by atoms with Crippen LogP contribution in [0.5, 0.6) is 11.5 Å². The number of nitrogens with zero attached hydrogens (tertiary/aromatic N) is 3. The Kier molecular flexibility index (Phi) is 5.29. The molecule has 0 atom stereocenters. The maximum absolute atomic E-state index is 13.2. The van der Waals surface area contributed by atoms with Gasteiger partial charge in [0.1, 0.15) is 0 Å². The molecule has 0 N–H and O–H groups in total. The van der Waals surface area contributed by atoms with Crippen molar-refractivity contribution in [2.24, 2.45) is 0 Å². The molecule has 7 nitrogen and oxygen atoms in total. The van der Waals surface area contributed by atoms with E-state index in [0.29, 0.717) is 31.7 Å². The van der Waals surface area contributed by atoms with E-state index in [1.807, 2.05) is 6.07 Å². The van der Waals surface area contributed by atoms with Crippen molar-refractivity contribution in [3.05, 3.63) is 65.2 Å². The van der Waals surface area contributed by atoms with Gasteiger partial charge >= 0.3 is 6.29 Å². The molecule has 0 aromatic heterocycles. The van der Waals surface area contributed by atoms with Crippen LogP contribution in [0.3, 0.4) is 0 Å². The van der Waals surface area contributed by atoms with Crippen molar-refractivity contribution < 1.29 is 27.8 Å². The number of alkyl halides is 2. The fourth-order valence-corrected chi connectivity index (χ4v) is 3.34. The van der Waals surface area contributed by atoms with Crippen molar-refractivity contribution in [1.82, 2.24) is 9.80 Å². The number of benzene rings is 2. The van der Waals surface area contributed by atoms with Gasteiger partial charge in [-0.2, -0.15) is 5.26 Å². The van der Waals surface area contributed by atoms with E-state index < -0.39 is 6.29 Å². The first-order chi connectivity index (χ1) is 14.8. The van der Waals surface area contributed by atoms with E-state index in [0.717, 1.165) is 5.56 Å².